The molecule has 0 saturated carbocycles. The van der Waals surface area contributed by atoms with Crippen LogP contribution in [0.4, 0.5) is 0 Å². The lowest BCUT2D eigenvalue weighted by Gasteiger charge is -2.07. The molecule has 0 aliphatic carbocycles. The summed E-state index contributed by atoms with van der Waals surface area (Å²) in [4.78, 5) is -0.00167. The molecule has 3 N–H and O–H groups in total. The third-order valence-corrected chi connectivity index (χ3v) is 4.07. The fourth-order valence-electron chi connectivity index (χ4n) is 1.32. The van der Waals surface area contributed by atoms with E-state index in [4.69, 9.17) is 16.7 Å². The maximum absolute atomic E-state index is 12.0. The van der Waals surface area contributed by atoms with Gasteiger partial charge in [0.1, 0.15) is 0 Å². The van der Waals surface area contributed by atoms with Crippen LogP contribution in [-0.2, 0) is 23.2 Å². The van der Waals surface area contributed by atoms with Crippen molar-refractivity contribution in [3.8, 4) is 0 Å². The molecule has 0 aliphatic heterocycles. The van der Waals surface area contributed by atoms with Gasteiger partial charge in [0.05, 0.1) is 18.0 Å². The van der Waals surface area contributed by atoms with Gasteiger partial charge in [-0.05, 0) is 17.7 Å². The Labute approximate surface area is 113 Å². The maximum Gasteiger partial charge on any atom is 0.241 e. The minimum absolute atomic E-state index is 0.00167. The van der Waals surface area contributed by atoms with E-state index in [1.807, 2.05) is 0 Å². The third kappa shape index (κ3) is 3.26. The van der Waals surface area contributed by atoms with Gasteiger partial charge in [-0.25, -0.2) is 13.1 Å². The number of tetrazole rings is 1. The number of aromatic nitrogens is 4. The fraction of sp³-hybridized carbons (Fsp3) is 0.222. The van der Waals surface area contributed by atoms with E-state index in [-0.39, 0.29) is 28.9 Å². The zero-order valence-corrected chi connectivity index (χ0v) is 11.1. The first-order valence-electron chi connectivity index (χ1n) is 5.14. The number of aliphatic hydroxyl groups excluding tert-OH is 1. The molecule has 0 saturated heterocycles. The minimum atomic E-state index is -3.72. The van der Waals surface area contributed by atoms with Gasteiger partial charge in [0.2, 0.25) is 10.0 Å². The third-order valence-electron chi connectivity index (χ3n) is 2.31. The van der Waals surface area contributed by atoms with Crippen LogP contribution in [0, 0.1) is 0 Å². The predicted octanol–water partition coefficient (Wildman–Crippen LogP) is -0.176. The second-order valence-electron chi connectivity index (χ2n) is 3.56. The monoisotopic (exact) mass is 303 g/mol. The number of nitrogens with one attached hydrogen (secondary N) is 2. The summed E-state index contributed by atoms with van der Waals surface area (Å²) in [5.41, 5.74) is 0.457. The van der Waals surface area contributed by atoms with Crippen LogP contribution in [0.2, 0.25) is 5.02 Å². The molecule has 0 atom stereocenters. The number of aromatic amines is 1. The molecule has 10 heteroatoms. The quantitative estimate of drug-likeness (QED) is 0.705. The Morgan fingerprint density at radius 3 is 2.79 bits per heavy atom. The maximum atomic E-state index is 12.0. The van der Waals surface area contributed by atoms with Crippen molar-refractivity contribution >= 4 is 21.6 Å². The molecule has 8 nitrogen and oxygen atoms in total. The van der Waals surface area contributed by atoms with Crippen molar-refractivity contribution in [2.75, 3.05) is 0 Å². The molecular formula is C9H10ClN5O3S. The van der Waals surface area contributed by atoms with Crippen LogP contribution in [-0.4, -0.2) is 34.1 Å². The van der Waals surface area contributed by atoms with Crippen LogP contribution in [0.25, 0.3) is 0 Å². The molecule has 19 heavy (non-hydrogen) atoms. The second kappa shape index (κ2) is 5.61. The highest BCUT2D eigenvalue weighted by molar-refractivity contribution is 7.89. The van der Waals surface area contributed by atoms with E-state index in [9.17, 15) is 8.42 Å². The summed E-state index contributed by atoms with van der Waals surface area (Å²) in [5, 5.41) is 21.9. The fourth-order valence-corrected chi connectivity index (χ4v) is 2.63. The molecule has 0 spiro atoms. The number of sulfonamides is 1. The highest BCUT2D eigenvalue weighted by Gasteiger charge is 2.16. The number of rotatable bonds is 5. The average molecular weight is 304 g/mol. The predicted molar refractivity (Wildman–Crippen MR) is 65.6 cm³/mol. The lowest BCUT2D eigenvalue weighted by molar-refractivity contribution is 0.282. The van der Waals surface area contributed by atoms with E-state index in [0.717, 1.165) is 0 Å². The van der Waals surface area contributed by atoms with Crippen molar-refractivity contribution < 1.29 is 13.5 Å². The Bertz CT molecular complexity index is 658. The van der Waals surface area contributed by atoms with E-state index in [2.05, 4.69) is 25.3 Å². The molecular weight excluding hydrogens is 294 g/mol. The van der Waals surface area contributed by atoms with Crippen LogP contribution in [0.5, 0.6) is 0 Å². The van der Waals surface area contributed by atoms with E-state index in [0.29, 0.717) is 5.56 Å². The summed E-state index contributed by atoms with van der Waals surface area (Å²) in [6, 6.07) is 4.08. The van der Waals surface area contributed by atoms with E-state index in [1.54, 1.807) is 0 Å². The van der Waals surface area contributed by atoms with Gasteiger partial charge in [-0.3, -0.25) is 0 Å². The summed E-state index contributed by atoms with van der Waals surface area (Å²) in [5.74, 6) is 0.224. The van der Waals surface area contributed by atoms with Crippen LogP contribution in [0.1, 0.15) is 11.4 Å². The molecule has 0 aliphatic rings. The molecule has 102 valence electrons. The molecule has 0 bridgehead atoms. The Balaban J connectivity index is 2.17. The molecule has 0 fully saturated rings. The Morgan fingerprint density at radius 1 is 1.42 bits per heavy atom. The highest BCUT2D eigenvalue weighted by atomic mass is 35.5. The second-order valence-corrected chi connectivity index (χ2v) is 5.74. The SMILES string of the molecule is O=S(=O)(NCc1nn[nH]n1)c1ccc(CO)c(Cl)c1. The van der Waals surface area contributed by atoms with Gasteiger partial charge < -0.3 is 5.11 Å². The topological polar surface area (TPSA) is 121 Å². The number of hydrogen-bond acceptors (Lipinski definition) is 6. The normalized spacial score (nSPS) is 11.7. The van der Waals surface area contributed by atoms with Crippen molar-refractivity contribution in [3.63, 3.8) is 0 Å². The van der Waals surface area contributed by atoms with Gasteiger partial charge in [0, 0.05) is 5.02 Å². The van der Waals surface area contributed by atoms with Crippen LogP contribution >= 0.6 is 11.6 Å². The van der Waals surface area contributed by atoms with Gasteiger partial charge in [-0.15, -0.1) is 10.2 Å². The summed E-state index contributed by atoms with van der Waals surface area (Å²) >= 11 is 5.84. The van der Waals surface area contributed by atoms with Crippen molar-refractivity contribution in [2.24, 2.45) is 0 Å². The van der Waals surface area contributed by atoms with E-state index in [1.165, 1.54) is 18.2 Å². The zero-order valence-electron chi connectivity index (χ0n) is 9.54. The molecule has 0 radical (unpaired) electrons. The smallest absolute Gasteiger partial charge is 0.241 e. The number of aliphatic hydroxyl groups is 1. The summed E-state index contributed by atoms with van der Waals surface area (Å²) in [6.45, 7) is -0.340. The van der Waals surface area contributed by atoms with Gasteiger partial charge >= 0.3 is 0 Å². The van der Waals surface area contributed by atoms with Gasteiger partial charge in [0.25, 0.3) is 0 Å². The minimum Gasteiger partial charge on any atom is -0.392 e. The Kier molecular flexibility index (Phi) is 4.10. The van der Waals surface area contributed by atoms with Crippen molar-refractivity contribution in [1.82, 2.24) is 25.3 Å². The molecule has 2 rings (SSSR count). The number of nitrogens with zero attached hydrogens (tertiary/aromatic N) is 3. The van der Waals surface area contributed by atoms with Crippen LogP contribution in [0.3, 0.4) is 0 Å². The number of hydrogen-bond donors (Lipinski definition) is 3. The summed E-state index contributed by atoms with van der Waals surface area (Å²) in [6.07, 6.45) is 0. The number of H-pyrrole nitrogens is 1. The Morgan fingerprint density at radius 2 is 2.21 bits per heavy atom. The molecule has 0 unspecified atom stereocenters. The van der Waals surface area contributed by atoms with Gasteiger partial charge in [0.15, 0.2) is 5.82 Å². The number of benzene rings is 1. The van der Waals surface area contributed by atoms with Crippen molar-refractivity contribution in [2.45, 2.75) is 18.0 Å². The molecule has 1 aromatic heterocycles. The molecule has 1 heterocycles. The molecule has 0 amide bonds. The van der Waals surface area contributed by atoms with Crippen LogP contribution < -0.4 is 4.72 Å². The first-order valence-corrected chi connectivity index (χ1v) is 7.00. The van der Waals surface area contributed by atoms with E-state index < -0.39 is 10.0 Å². The standard InChI is InChI=1S/C9H10ClN5O3S/c10-8-3-7(2-1-6(8)5-16)19(17,18)11-4-9-12-14-15-13-9/h1-3,11,16H,4-5H2,(H,12,13,14,15). The van der Waals surface area contributed by atoms with E-state index >= 15 is 0 Å². The first kappa shape index (κ1) is 13.9. The van der Waals surface area contributed by atoms with Crippen molar-refractivity contribution in [3.05, 3.63) is 34.6 Å². The van der Waals surface area contributed by atoms with Gasteiger partial charge in [-0.1, -0.05) is 22.9 Å². The number of halogens is 1. The lowest BCUT2D eigenvalue weighted by Crippen LogP contribution is -2.24. The van der Waals surface area contributed by atoms with Gasteiger partial charge in [-0.2, -0.15) is 5.21 Å². The highest BCUT2D eigenvalue weighted by Crippen LogP contribution is 2.20. The molecule has 2 aromatic rings. The summed E-state index contributed by atoms with van der Waals surface area (Å²) < 4.78 is 26.2. The van der Waals surface area contributed by atoms with Crippen molar-refractivity contribution in [1.29, 1.82) is 0 Å². The summed E-state index contributed by atoms with van der Waals surface area (Å²) in [7, 11) is -3.72. The Hall–Kier alpha value is -1.55. The average Bonchev–Trinajstić information content (AvgIpc) is 2.89. The molecule has 1 aromatic carbocycles. The zero-order chi connectivity index (χ0) is 13.9. The first-order chi connectivity index (χ1) is 9.03. The van der Waals surface area contributed by atoms with Crippen LogP contribution in [0.15, 0.2) is 23.1 Å². The lowest BCUT2D eigenvalue weighted by atomic mass is 10.2. The largest absolute Gasteiger partial charge is 0.392 e.